The third-order valence-corrected chi connectivity index (χ3v) is 3.62. The van der Waals surface area contributed by atoms with Crippen LogP contribution in [0, 0.1) is 17.1 Å². The molecule has 112 valence electrons. The maximum absolute atomic E-state index is 13.0. The minimum Gasteiger partial charge on any atom is -0.333 e. The molecule has 0 aromatic heterocycles. The molecule has 1 N–H and O–H groups in total. The number of nitrogens with one attached hydrogen (secondary N) is 1. The lowest BCUT2D eigenvalue weighted by Gasteiger charge is -2.12. The highest BCUT2D eigenvalue weighted by Gasteiger charge is 2.15. The Hall–Kier alpha value is -3.19. The van der Waals surface area contributed by atoms with E-state index in [0.29, 0.717) is 11.1 Å². The summed E-state index contributed by atoms with van der Waals surface area (Å²) >= 11 is 0. The van der Waals surface area contributed by atoms with Gasteiger partial charge in [-0.05, 0) is 40.6 Å². The van der Waals surface area contributed by atoms with Crippen LogP contribution in [0.1, 0.15) is 22.0 Å². The second kappa shape index (κ2) is 6.29. The van der Waals surface area contributed by atoms with Crippen LogP contribution in [0.5, 0.6) is 0 Å². The Morgan fingerprint density at radius 2 is 1.70 bits per heavy atom. The molecule has 3 aromatic rings. The van der Waals surface area contributed by atoms with Gasteiger partial charge in [0.1, 0.15) is 11.9 Å². The summed E-state index contributed by atoms with van der Waals surface area (Å²) in [5, 5.41) is 13.9. The molecular weight excluding hydrogens is 291 g/mol. The summed E-state index contributed by atoms with van der Waals surface area (Å²) in [5.41, 5.74) is 1.02. The monoisotopic (exact) mass is 304 g/mol. The minimum atomic E-state index is -0.824. The van der Waals surface area contributed by atoms with Gasteiger partial charge in [0.15, 0.2) is 0 Å². The van der Waals surface area contributed by atoms with Crippen LogP contribution in [0.3, 0.4) is 0 Å². The summed E-state index contributed by atoms with van der Waals surface area (Å²) in [6.45, 7) is 0. The third-order valence-electron chi connectivity index (χ3n) is 3.62. The van der Waals surface area contributed by atoms with Gasteiger partial charge >= 0.3 is 0 Å². The smallest absolute Gasteiger partial charge is 0.252 e. The van der Waals surface area contributed by atoms with Gasteiger partial charge in [-0.3, -0.25) is 4.79 Å². The lowest BCUT2D eigenvalue weighted by Crippen LogP contribution is -2.27. The van der Waals surface area contributed by atoms with Crippen molar-refractivity contribution < 1.29 is 9.18 Å². The highest BCUT2D eigenvalue weighted by atomic mass is 19.1. The van der Waals surface area contributed by atoms with Crippen molar-refractivity contribution in [1.29, 1.82) is 5.26 Å². The van der Waals surface area contributed by atoms with Crippen LogP contribution >= 0.6 is 0 Å². The number of fused-ring (bicyclic) bond motifs is 1. The van der Waals surface area contributed by atoms with Crippen molar-refractivity contribution in [2.75, 3.05) is 0 Å². The van der Waals surface area contributed by atoms with Gasteiger partial charge in [0, 0.05) is 5.56 Å². The molecule has 1 atom stereocenters. The maximum Gasteiger partial charge on any atom is 0.252 e. The molecule has 0 fully saturated rings. The molecule has 0 spiro atoms. The van der Waals surface area contributed by atoms with Gasteiger partial charge in [0.05, 0.1) is 6.07 Å². The Balaban J connectivity index is 1.83. The molecule has 0 aliphatic heterocycles. The van der Waals surface area contributed by atoms with E-state index in [4.69, 9.17) is 0 Å². The number of hydrogen-bond acceptors (Lipinski definition) is 2. The van der Waals surface area contributed by atoms with E-state index in [1.165, 1.54) is 24.3 Å². The van der Waals surface area contributed by atoms with Crippen molar-refractivity contribution >= 4 is 16.7 Å². The van der Waals surface area contributed by atoms with Crippen LogP contribution in [0.15, 0.2) is 66.7 Å². The normalized spacial score (nSPS) is 11.7. The molecule has 0 unspecified atom stereocenters. The molecule has 3 aromatic carbocycles. The number of benzene rings is 3. The van der Waals surface area contributed by atoms with Gasteiger partial charge in [-0.25, -0.2) is 4.39 Å². The van der Waals surface area contributed by atoms with Gasteiger partial charge in [0.25, 0.3) is 5.91 Å². The van der Waals surface area contributed by atoms with Gasteiger partial charge in [-0.15, -0.1) is 0 Å². The maximum atomic E-state index is 13.0. The van der Waals surface area contributed by atoms with E-state index in [-0.39, 0.29) is 11.7 Å². The number of rotatable bonds is 3. The number of nitrogens with zero attached hydrogens (tertiary/aromatic N) is 1. The predicted octanol–water partition coefficient (Wildman–Crippen LogP) is 3.97. The molecule has 23 heavy (non-hydrogen) atoms. The number of carbonyl (C=O) groups excluding carboxylic acids is 1. The molecule has 4 heteroatoms. The number of carbonyl (C=O) groups is 1. The molecule has 0 bridgehead atoms. The highest BCUT2D eigenvalue weighted by molar-refractivity contribution is 5.98. The van der Waals surface area contributed by atoms with Crippen LogP contribution < -0.4 is 5.32 Å². The molecule has 0 saturated carbocycles. The van der Waals surface area contributed by atoms with Crippen LogP contribution in [0.4, 0.5) is 4.39 Å². The molecule has 0 radical (unpaired) electrons. The summed E-state index contributed by atoms with van der Waals surface area (Å²) in [7, 11) is 0. The van der Waals surface area contributed by atoms with Crippen molar-refractivity contribution in [3.8, 4) is 6.07 Å². The second-order valence-corrected chi connectivity index (χ2v) is 5.15. The first-order valence-electron chi connectivity index (χ1n) is 7.12. The largest absolute Gasteiger partial charge is 0.333 e. The van der Waals surface area contributed by atoms with Gasteiger partial charge in [0.2, 0.25) is 0 Å². The van der Waals surface area contributed by atoms with Crippen molar-refractivity contribution in [3.05, 3.63) is 83.7 Å². The fraction of sp³-hybridized carbons (Fsp3) is 0.0526. The van der Waals surface area contributed by atoms with Crippen LogP contribution in [-0.4, -0.2) is 5.91 Å². The summed E-state index contributed by atoms with van der Waals surface area (Å²) in [5.74, 6) is -0.724. The average Bonchev–Trinajstić information content (AvgIpc) is 2.60. The third kappa shape index (κ3) is 3.19. The number of hydrogen-bond donors (Lipinski definition) is 1. The second-order valence-electron chi connectivity index (χ2n) is 5.15. The summed E-state index contributed by atoms with van der Waals surface area (Å²) in [6, 6.07) is 19.8. The van der Waals surface area contributed by atoms with E-state index in [1.807, 2.05) is 36.4 Å². The number of halogens is 1. The summed E-state index contributed by atoms with van der Waals surface area (Å²) in [4.78, 5) is 12.4. The fourth-order valence-corrected chi connectivity index (χ4v) is 2.39. The molecule has 0 aliphatic rings. The van der Waals surface area contributed by atoms with Gasteiger partial charge < -0.3 is 5.32 Å². The van der Waals surface area contributed by atoms with E-state index in [2.05, 4.69) is 5.32 Å². The molecule has 0 aliphatic carbocycles. The number of amides is 1. The van der Waals surface area contributed by atoms with Gasteiger partial charge in [-0.2, -0.15) is 5.26 Å². The molecule has 0 saturated heterocycles. The van der Waals surface area contributed by atoms with Crippen LogP contribution in [-0.2, 0) is 0 Å². The van der Waals surface area contributed by atoms with E-state index in [9.17, 15) is 14.4 Å². The Morgan fingerprint density at radius 3 is 2.39 bits per heavy atom. The van der Waals surface area contributed by atoms with E-state index >= 15 is 0 Å². The lowest BCUT2D eigenvalue weighted by atomic mass is 10.0. The van der Waals surface area contributed by atoms with Crippen molar-refractivity contribution in [1.82, 2.24) is 5.32 Å². The molecule has 3 nitrogen and oxygen atoms in total. The SMILES string of the molecule is N#C[C@H](NC(=O)c1ccc2ccccc2c1)c1ccc(F)cc1. The molecule has 3 rings (SSSR count). The summed E-state index contributed by atoms with van der Waals surface area (Å²) in [6.07, 6.45) is 0. The minimum absolute atomic E-state index is 0.341. The van der Waals surface area contributed by atoms with Crippen LogP contribution in [0.25, 0.3) is 10.8 Å². The van der Waals surface area contributed by atoms with Crippen LogP contribution in [0.2, 0.25) is 0 Å². The quantitative estimate of drug-likeness (QED) is 0.796. The van der Waals surface area contributed by atoms with Gasteiger partial charge in [-0.1, -0.05) is 42.5 Å². The first-order chi connectivity index (χ1) is 11.2. The Labute approximate surface area is 133 Å². The Bertz CT molecular complexity index is 897. The molecule has 1 amide bonds. The zero-order valence-electron chi connectivity index (χ0n) is 12.2. The Kier molecular flexibility index (Phi) is 4.03. The average molecular weight is 304 g/mol. The molecular formula is C19H13FN2O. The van der Waals surface area contributed by atoms with E-state index < -0.39 is 6.04 Å². The topological polar surface area (TPSA) is 52.9 Å². The first kappa shape index (κ1) is 14.7. The van der Waals surface area contributed by atoms with E-state index in [0.717, 1.165) is 10.8 Å². The Morgan fingerprint density at radius 1 is 1.00 bits per heavy atom. The first-order valence-corrected chi connectivity index (χ1v) is 7.12. The van der Waals surface area contributed by atoms with Crippen molar-refractivity contribution in [2.45, 2.75) is 6.04 Å². The highest BCUT2D eigenvalue weighted by Crippen LogP contribution is 2.17. The standard InChI is InChI=1S/C19H13FN2O/c20-17-9-7-14(8-10-17)18(12-21)22-19(23)16-6-5-13-3-1-2-4-15(13)11-16/h1-11,18H,(H,22,23)/t18-/m0/s1. The van der Waals surface area contributed by atoms with E-state index in [1.54, 1.807) is 12.1 Å². The zero-order valence-corrected chi connectivity index (χ0v) is 12.2. The predicted molar refractivity (Wildman–Crippen MR) is 86.2 cm³/mol. The summed E-state index contributed by atoms with van der Waals surface area (Å²) < 4.78 is 13.0. The lowest BCUT2D eigenvalue weighted by molar-refractivity contribution is 0.0945. The fourth-order valence-electron chi connectivity index (χ4n) is 2.39. The van der Waals surface area contributed by atoms with Crippen molar-refractivity contribution in [2.24, 2.45) is 0 Å². The van der Waals surface area contributed by atoms with Crippen molar-refractivity contribution in [3.63, 3.8) is 0 Å². The molecule has 0 heterocycles. The zero-order chi connectivity index (χ0) is 16.2. The number of nitriles is 1.